The third kappa shape index (κ3) is 3.54. The molecule has 0 spiro atoms. The van der Waals surface area contributed by atoms with Gasteiger partial charge in [0, 0.05) is 20.8 Å². The topological polar surface area (TPSA) is 29.9 Å². The van der Waals surface area contributed by atoms with E-state index in [-0.39, 0.29) is 0 Å². The highest BCUT2D eigenvalue weighted by Gasteiger charge is 2.03. The zero-order valence-electron chi connectivity index (χ0n) is 11.1. The zero-order chi connectivity index (χ0) is 14.7. The van der Waals surface area contributed by atoms with Gasteiger partial charge in [-0.15, -0.1) is 0 Å². The van der Waals surface area contributed by atoms with E-state index in [1.807, 2.05) is 65.5 Å². The van der Waals surface area contributed by atoms with Gasteiger partial charge in [-0.05, 0) is 52.3 Å². The number of para-hydroxylation sites is 1. The van der Waals surface area contributed by atoms with Crippen molar-refractivity contribution in [3.05, 3.63) is 75.4 Å². The monoisotopic (exact) mass is 405 g/mol. The normalized spacial score (nSPS) is 10.6. The summed E-state index contributed by atoms with van der Waals surface area (Å²) in [5.41, 5.74) is 3.09. The van der Waals surface area contributed by atoms with Crippen molar-refractivity contribution in [3.8, 4) is 5.69 Å². The van der Waals surface area contributed by atoms with Gasteiger partial charge < -0.3 is 5.32 Å². The van der Waals surface area contributed by atoms with Crippen LogP contribution in [0.5, 0.6) is 0 Å². The average Bonchev–Trinajstić information content (AvgIpc) is 2.98. The molecule has 0 fully saturated rings. The van der Waals surface area contributed by atoms with Crippen molar-refractivity contribution in [1.29, 1.82) is 0 Å². The van der Waals surface area contributed by atoms with Crippen LogP contribution in [0.3, 0.4) is 0 Å². The molecule has 0 aliphatic carbocycles. The van der Waals surface area contributed by atoms with Gasteiger partial charge in [0.2, 0.25) is 0 Å². The van der Waals surface area contributed by atoms with Crippen molar-refractivity contribution in [2.75, 3.05) is 5.32 Å². The smallest absolute Gasteiger partial charge is 0.0819 e. The maximum absolute atomic E-state index is 4.57. The lowest BCUT2D eigenvalue weighted by molar-refractivity contribution is 0.844. The van der Waals surface area contributed by atoms with Crippen LogP contribution in [0.1, 0.15) is 5.69 Å². The van der Waals surface area contributed by atoms with Crippen LogP contribution < -0.4 is 5.32 Å². The Hall–Kier alpha value is -1.59. The molecule has 0 unspecified atom stereocenters. The van der Waals surface area contributed by atoms with Crippen molar-refractivity contribution in [2.45, 2.75) is 6.54 Å². The van der Waals surface area contributed by atoms with Crippen LogP contribution in [0, 0.1) is 0 Å². The first-order valence-electron chi connectivity index (χ1n) is 6.51. The lowest BCUT2D eigenvalue weighted by Crippen LogP contribution is -2.02. The largest absolute Gasteiger partial charge is 0.378 e. The van der Waals surface area contributed by atoms with E-state index in [0.717, 1.165) is 26.0 Å². The summed E-state index contributed by atoms with van der Waals surface area (Å²) >= 11 is 7.01. The van der Waals surface area contributed by atoms with Crippen LogP contribution in [0.2, 0.25) is 0 Å². The van der Waals surface area contributed by atoms with Gasteiger partial charge in [0.15, 0.2) is 0 Å². The van der Waals surface area contributed by atoms with E-state index < -0.39 is 0 Å². The number of rotatable bonds is 4. The first kappa shape index (κ1) is 14.4. The summed E-state index contributed by atoms with van der Waals surface area (Å²) in [6.07, 6.45) is 1.97. The average molecular weight is 407 g/mol. The SMILES string of the molecule is Brc1ccc(Br)c(NCc2ccn(-c3ccccc3)n2)c1. The van der Waals surface area contributed by atoms with E-state index in [1.165, 1.54) is 0 Å². The highest BCUT2D eigenvalue weighted by Crippen LogP contribution is 2.26. The van der Waals surface area contributed by atoms with E-state index in [4.69, 9.17) is 0 Å². The van der Waals surface area contributed by atoms with Crippen molar-refractivity contribution in [2.24, 2.45) is 0 Å². The molecule has 0 atom stereocenters. The zero-order valence-corrected chi connectivity index (χ0v) is 14.3. The van der Waals surface area contributed by atoms with Crippen molar-refractivity contribution in [3.63, 3.8) is 0 Å². The molecule has 1 N–H and O–H groups in total. The number of benzene rings is 2. The van der Waals surface area contributed by atoms with E-state index in [1.54, 1.807) is 0 Å². The van der Waals surface area contributed by atoms with E-state index in [2.05, 4.69) is 42.3 Å². The Morgan fingerprint density at radius 2 is 1.81 bits per heavy atom. The molecule has 1 heterocycles. The Morgan fingerprint density at radius 3 is 2.62 bits per heavy atom. The minimum atomic E-state index is 0.675. The molecule has 0 radical (unpaired) electrons. The summed E-state index contributed by atoms with van der Waals surface area (Å²) < 4.78 is 3.96. The Balaban J connectivity index is 1.72. The lowest BCUT2D eigenvalue weighted by Gasteiger charge is -2.07. The van der Waals surface area contributed by atoms with Gasteiger partial charge in [0.25, 0.3) is 0 Å². The summed E-state index contributed by atoms with van der Waals surface area (Å²) in [7, 11) is 0. The quantitative estimate of drug-likeness (QED) is 0.659. The molecule has 3 aromatic rings. The number of anilines is 1. The number of halogens is 2. The van der Waals surface area contributed by atoms with Crippen LogP contribution in [0.4, 0.5) is 5.69 Å². The summed E-state index contributed by atoms with van der Waals surface area (Å²) in [4.78, 5) is 0. The summed E-state index contributed by atoms with van der Waals surface area (Å²) in [6, 6.07) is 18.2. The van der Waals surface area contributed by atoms with Crippen molar-refractivity contribution in [1.82, 2.24) is 9.78 Å². The summed E-state index contributed by atoms with van der Waals surface area (Å²) in [5, 5.41) is 7.96. The van der Waals surface area contributed by atoms with Gasteiger partial charge in [-0.3, -0.25) is 0 Å². The first-order chi connectivity index (χ1) is 10.2. The standard InChI is InChI=1S/C16H13Br2N3/c17-12-6-7-15(18)16(10-12)19-11-13-8-9-21(20-13)14-4-2-1-3-5-14/h1-10,19H,11H2. The van der Waals surface area contributed by atoms with Gasteiger partial charge in [0.1, 0.15) is 0 Å². The minimum absolute atomic E-state index is 0.675. The van der Waals surface area contributed by atoms with Gasteiger partial charge in [-0.25, -0.2) is 4.68 Å². The molecular weight excluding hydrogens is 394 g/mol. The van der Waals surface area contributed by atoms with E-state index in [9.17, 15) is 0 Å². The molecule has 0 aliphatic heterocycles. The fourth-order valence-electron chi connectivity index (χ4n) is 2.00. The van der Waals surface area contributed by atoms with Crippen LogP contribution in [0.15, 0.2) is 69.7 Å². The molecule has 0 amide bonds. The van der Waals surface area contributed by atoms with Crippen LogP contribution in [-0.4, -0.2) is 9.78 Å². The fourth-order valence-corrected chi connectivity index (χ4v) is 2.75. The third-order valence-electron chi connectivity index (χ3n) is 3.05. The second-order valence-electron chi connectivity index (χ2n) is 4.56. The fraction of sp³-hybridized carbons (Fsp3) is 0.0625. The molecular formula is C16H13Br2N3. The molecule has 106 valence electrons. The van der Waals surface area contributed by atoms with Gasteiger partial charge in [-0.2, -0.15) is 5.10 Å². The van der Waals surface area contributed by atoms with Crippen molar-refractivity contribution < 1.29 is 0 Å². The van der Waals surface area contributed by atoms with Crippen LogP contribution >= 0.6 is 31.9 Å². The maximum atomic E-state index is 4.57. The third-order valence-corrected chi connectivity index (χ3v) is 4.24. The molecule has 3 rings (SSSR count). The van der Waals surface area contributed by atoms with Gasteiger partial charge >= 0.3 is 0 Å². The summed E-state index contributed by atoms with van der Waals surface area (Å²) in [6.45, 7) is 0.675. The number of nitrogens with zero attached hydrogens (tertiary/aromatic N) is 2. The Bertz CT molecular complexity index is 738. The predicted octanol–water partition coefficient (Wildman–Crippen LogP) is 5.01. The molecule has 1 aromatic heterocycles. The predicted molar refractivity (Wildman–Crippen MR) is 92.7 cm³/mol. The Morgan fingerprint density at radius 1 is 1.00 bits per heavy atom. The number of nitrogens with one attached hydrogen (secondary N) is 1. The molecule has 2 aromatic carbocycles. The number of hydrogen-bond donors (Lipinski definition) is 1. The Labute approximate surface area is 140 Å². The molecule has 0 aliphatic rings. The number of aromatic nitrogens is 2. The lowest BCUT2D eigenvalue weighted by atomic mass is 10.3. The second kappa shape index (κ2) is 6.45. The first-order valence-corrected chi connectivity index (χ1v) is 8.10. The molecule has 0 bridgehead atoms. The van der Waals surface area contributed by atoms with Crippen LogP contribution in [0.25, 0.3) is 5.69 Å². The second-order valence-corrected chi connectivity index (χ2v) is 6.33. The van der Waals surface area contributed by atoms with Crippen LogP contribution in [-0.2, 0) is 6.54 Å². The maximum Gasteiger partial charge on any atom is 0.0819 e. The van der Waals surface area contributed by atoms with Crippen molar-refractivity contribution >= 4 is 37.5 Å². The van der Waals surface area contributed by atoms with Gasteiger partial charge in [0.05, 0.1) is 17.9 Å². The molecule has 0 saturated heterocycles. The number of hydrogen-bond acceptors (Lipinski definition) is 2. The molecule has 21 heavy (non-hydrogen) atoms. The van der Waals surface area contributed by atoms with E-state index >= 15 is 0 Å². The highest BCUT2D eigenvalue weighted by molar-refractivity contribution is 9.11. The van der Waals surface area contributed by atoms with Gasteiger partial charge in [-0.1, -0.05) is 34.1 Å². The Kier molecular flexibility index (Phi) is 4.41. The molecule has 5 heteroatoms. The highest BCUT2D eigenvalue weighted by atomic mass is 79.9. The minimum Gasteiger partial charge on any atom is -0.378 e. The summed E-state index contributed by atoms with van der Waals surface area (Å²) in [5.74, 6) is 0. The molecule has 0 saturated carbocycles. The molecule has 3 nitrogen and oxygen atoms in total. The van der Waals surface area contributed by atoms with E-state index in [0.29, 0.717) is 6.54 Å².